The predicted octanol–water partition coefficient (Wildman–Crippen LogP) is 3.50. The van der Waals surface area contributed by atoms with Gasteiger partial charge in [0.2, 0.25) is 5.91 Å². The predicted molar refractivity (Wildman–Crippen MR) is 116 cm³/mol. The lowest BCUT2D eigenvalue weighted by Crippen LogP contribution is -2.35. The maximum atomic E-state index is 13.2. The number of ether oxygens (including phenoxy) is 1. The SMILES string of the molecule is COC(=O)c1ccc2[nH]c3c(c2c1)CN(C(=O)c1cccc(NC(=O)C2CC2)c1)CC3. The largest absolute Gasteiger partial charge is 0.465 e. The number of aromatic nitrogens is 1. The van der Waals surface area contributed by atoms with Gasteiger partial charge in [-0.1, -0.05) is 6.07 Å². The maximum Gasteiger partial charge on any atom is 0.337 e. The van der Waals surface area contributed by atoms with Crippen LogP contribution < -0.4 is 5.32 Å². The molecule has 0 bridgehead atoms. The highest BCUT2D eigenvalue weighted by Crippen LogP contribution is 2.31. The number of amides is 2. The Kier molecular flexibility index (Phi) is 4.73. The molecule has 1 fully saturated rings. The van der Waals surface area contributed by atoms with E-state index in [1.165, 1.54) is 7.11 Å². The van der Waals surface area contributed by atoms with Gasteiger partial charge in [-0.15, -0.1) is 0 Å². The van der Waals surface area contributed by atoms with E-state index in [1.54, 1.807) is 30.3 Å². The van der Waals surface area contributed by atoms with Gasteiger partial charge in [0.15, 0.2) is 0 Å². The molecule has 0 spiro atoms. The lowest BCUT2D eigenvalue weighted by molar-refractivity contribution is -0.117. The van der Waals surface area contributed by atoms with E-state index in [0.29, 0.717) is 36.3 Å². The molecular weight excluding hydrogens is 394 g/mol. The van der Waals surface area contributed by atoms with Crippen LogP contribution in [-0.2, 0) is 22.5 Å². The molecule has 0 unspecified atom stereocenters. The summed E-state index contributed by atoms with van der Waals surface area (Å²) in [5, 5.41) is 3.83. The third kappa shape index (κ3) is 3.67. The van der Waals surface area contributed by atoms with E-state index in [1.807, 2.05) is 17.0 Å². The van der Waals surface area contributed by atoms with Crippen molar-refractivity contribution in [3.8, 4) is 0 Å². The number of H-pyrrole nitrogens is 1. The third-order valence-electron chi connectivity index (χ3n) is 6.01. The minimum absolute atomic E-state index is 0.0208. The molecule has 2 aliphatic rings. The van der Waals surface area contributed by atoms with Crippen LogP contribution in [0.4, 0.5) is 5.69 Å². The Hall–Kier alpha value is -3.61. The lowest BCUT2D eigenvalue weighted by atomic mass is 10.0. The first kappa shape index (κ1) is 19.4. The number of carbonyl (C=O) groups is 3. The van der Waals surface area contributed by atoms with E-state index >= 15 is 0 Å². The Bertz CT molecular complexity index is 1210. The fraction of sp³-hybridized carbons (Fsp3) is 0.292. The molecule has 7 heteroatoms. The zero-order valence-corrected chi connectivity index (χ0v) is 17.2. The normalized spacial score (nSPS) is 15.5. The highest BCUT2D eigenvalue weighted by Gasteiger charge is 2.30. The minimum atomic E-state index is -0.384. The summed E-state index contributed by atoms with van der Waals surface area (Å²) in [6.07, 6.45) is 2.58. The number of hydrogen-bond acceptors (Lipinski definition) is 4. The van der Waals surface area contributed by atoms with Gasteiger partial charge < -0.3 is 19.9 Å². The lowest BCUT2D eigenvalue weighted by Gasteiger charge is -2.27. The molecule has 7 nitrogen and oxygen atoms in total. The molecule has 31 heavy (non-hydrogen) atoms. The van der Waals surface area contributed by atoms with Crippen LogP contribution in [0.3, 0.4) is 0 Å². The number of carbonyl (C=O) groups excluding carboxylic acids is 3. The standard InChI is InChI=1S/C24H23N3O4/c1-31-24(30)16-7-8-20-18(12-16)19-13-27(10-9-21(19)26-20)23(29)15-3-2-4-17(11-15)25-22(28)14-5-6-14/h2-4,7-8,11-12,14,26H,5-6,9-10,13H2,1H3,(H,25,28). The zero-order chi connectivity index (χ0) is 21.5. The second kappa shape index (κ2) is 7.58. The molecule has 0 radical (unpaired) electrons. The number of hydrogen-bond donors (Lipinski definition) is 2. The molecule has 0 saturated heterocycles. The van der Waals surface area contributed by atoms with Crippen LogP contribution in [0.25, 0.3) is 10.9 Å². The van der Waals surface area contributed by atoms with E-state index in [2.05, 4.69) is 10.3 Å². The van der Waals surface area contributed by atoms with Crippen molar-refractivity contribution in [2.24, 2.45) is 5.92 Å². The molecule has 158 valence electrons. The Morgan fingerprint density at radius 2 is 1.94 bits per heavy atom. The Morgan fingerprint density at radius 3 is 2.71 bits per heavy atom. The van der Waals surface area contributed by atoms with Gasteiger partial charge in [-0.05, 0) is 49.2 Å². The van der Waals surface area contributed by atoms with Crippen molar-refractivity contribution >= 4 is 34.4 Å². The zero-order valence-electron chi connectivity index (χ0n) is 17.2. The smallest absolute Gasteiger partial charge is 0.337 e. The van der Waals surface area contributed by atoms with Gasteiger partial charge in [-0.3, -0.25) is 9.59 Å². The minimum Gasteiger partial charge on any atom is -0.465 e. The van der Waals surface area contributed by atoms with Crippen LogP contribution in [0.5, 0.6) is 0 Å². The van der Waals surface area contributed by atoms with Crippen molar-refractivity contribution in [2.45, 2.75) is 25.8 Å². The highest BCUT2D eigenvalue weighted by molar-refractivity contribution is 5.99. The molecule has 2 N–H and O–H groups in total. The van der Waals surface area contributed by atoms with E-state index in [9.17, 15) is 14.4 Å². The molecule has 1 saturated carbocycles. The van der Waals surface area contributed by atoms with Crippen LogP contribution in [0.15, 0.2) is 42.5 Å². The summed E-state index contributed by atoms with van der Waals surface area (Å²) in [5.41, 5.74) is 4.74. The Balaban J connectivity index is 1.39. The van der Waals surface area contributed by atoms with Crippen molar-refractivity contribution in [3.05, 3.63) is 64.8 Å². The van der Waals surface area contributed by atoms with Crippen LogP contribution in [0, 0.1) is 5.92 Å². The van der Waals surface area contributed by atoms with Crippen LogP contribution in [-0.4, -0.2) is 41.3 Å². The summed E-state index contributed by atoms with van der Waals surface area (Å²) < 4.78 is 4.84. The first-order valence-corrected chi connectivity index (χ1v) is 10.5. The number of methoxy groups -OCH3 is 1. The van der Waals surface area contributed by atoms with Gasteiger partial charge in [-0.2, -0.15) is 0 Å². The van der Waals surface area contributed by atoms with Gasteiger partial charge in [0.05, 0.1) is 12.7 Å². The molecule has 0 atom stereocenters. The van der Waals surface area contributed by atoms with Crippen molar-refractivity contribution < 1.29 is 19.1 Å². The summed E-state index contributed by atoms with van der Waals surface area (Å²) in [5.74, 6) is -0.332. The molecule has 2 amide bonds. The number of rotatable bonds is 4. The van der Waals surface area contributed by atoms with E-state index < -0.39 is 0 Å². The topological polar surface area (TPSA) is 91.5 Å². The van der Waals surface area contributed by atoms with Crippen molar-refractivity contribution in [3.63, 3.8) is 0 Å². The maximum absolute atomic E-state index is 13.2. The van der Waals surface area contributed by atoms with Crippen molar-refractivity contribution in [2.75, 3.05) is 19.0 Å². The molecule has 1 aliphatic heterocycles. The van der Waals surface area contributed by atoms with Crippen molar-refractivity contribution in [1.29, 1.82) is 0 Å². The number of esters is 1. The van der Waals surface area contributed by atoms with Gasteiger partial charge in [0.25, 0.3) is 5.91 Å². The first-order valence-electron chi connectivity index (χ1n) is 10.5. The molecule has 2 heterocycles. The molecule has 1 aliphatic carbocycles. The quantitative estimate of drug-likeness (QED) is 0.636. The summed E-state index contributed by atoms with van der Waals surface area (Å²) in [6.45, 7) is 1.05. The highest BCUT2D eigenvalue weighted by atomic mass is 16.5. The molecular formula is C24H23N3O4. The number of fused-ring (bicyclic) bond motifs is 3. The number of aromatic amines is 1. The van der Waals surface area contributed by atoms with Gasteiger partial charge in [-0.25, -0.2) is 4.79 Å². The summed E-state index contributed by atoms with van der Waals surface area (Å²) in [4.78, 5) is 42.4. The number of nitrogens with one attached hydrogen (secondary N) is 2. The van der Waals surface area contributed by atoms with E-state index in [0.717, 1.165) is 35.0 Å². The van der Waals surface area contributed by atoms with Gasteiger partial charge in [0, 0.05) is 58.8 Å². The molecule has 2 aromatic carbocycles. The van der Waals surface area contributed by atoms with E-state index in [-0.39, 0.29) is 23.7 Å². The summed E-state index contributed by atoms with van der Waals surface area (Å²) in [7, 11) is 1.36. The van der Waals surface area contributed by atoms with Crippen LogP contribution >= 0.6 is 0 Å². The monoisotopic (exact) mass is 417 g/mol. The Morgan fingerprint density at radius 1 is 1.10 bits per heavy atom. The van der Waals surface area contributed by atoms with E-state index in [4.69, 9.17) is 4.74 Å². The van der Waals surface area contributed by atoms with Crippen LogP contribution in [0.2, 0.25) is 0 Å². The first-order chi connectivity index (χ1) is 15.0. The third-order valence-corrected chi connectivity index (χ3v) is 6.01. The number of nitrogens with zero attached hydrogens (tertiary/aromatic N) is 1. The average molecular weight is 417 g/mol. The van der Waals surface area contributed by atoms with Crippen molar-refractivity contribution in [1.82, 2.24) is 9.88 Å². The molecule has 1 aromatic heterocycles. The number of anilines is 1. The van der Waals surface area contributed by atoms with Gasteiger partial charge in [0.1, 0.15) is 0 Å². The second-order valence-corrected chi connectivity index (χ2v) is 8.16. The van der Waals surface area contributed by atoms with Crippen LogP contribution in [0.1, 0.15) is 44.8 Å². The second-order valence-electron chi connectivity index (χ2n) is 8.16. The fourth-order valence-electron chi connectivity index (χ4n) is 4.13. The number of benzene rings is 2. The summed E-state index contributed by atoms with van der Waals surface area (Å²) in [6, 6.07) is 12.5. The van der Waals surface area contributed by atoms with Gasteiger partial charge >= 0.3 is 5.97 Å². The fourth-order valence-corrected chi connectivity index (χ4v) is 4.13. The molecule has 5 rings (SSSR count). The Labute approximate surface area is 179 Å². The summed E-state index contributed by atoms with van der Waals surface area (Å²) >= 11 is 0. The average Bonchev–Trinajstić information content (AvgIpc) is 3.59. The molecule has 3 aromatic rings.